The lowest BCUT2D eigenvalue weighted by Gasteiger charge is -2.14. The summed E-state index contributed by atoms with van der Waals surface area (Å²) in [5.41, 5.74) is -1.22. The van der Waals surface area contributed by atoms with Crippen molar-refractivity contribution in [2.24, 2.45) is 0 Å². The highest BCUT2D eigenvalue weighted by Crippen LogP contribution is 2.37. The number of carboxylic acids is 1. The number of sulfonamides is 1. The number of hydrogen-bond donors (Lipinski definition) is 3. The molecule has 1 aromatic rings. The molecule has 0 aromatic carbocycles. The summed E-state index contributed by atoms with van der Waals surface area (Å²) < 4.78 is 32.0. The molecule has 1 aromatic heterocycles. The number of furan rings is 1. The van der Waals surface area contributed by atoms with Crippen LogP contribution < -0.4 is 4.72 Å². The van der Waals surface area contributed by atoms with Crippen molar-refractivity contribution in [1.29, 1.82) is 0 Å². The molecule has 7 nitrogen and oxygen atoms in total. The van der Waals surface area contributed by atoms with Crippen LogP contribution in [0, 0.1) is 13.8 Å². The zero-order valence-corrected chi connectivity index (χ0v) is 11.4. The minimum absolute atomic E-state index is 0.0242. The van der Waals surface area contributed by atoms with Crippen molar-refractivity contribution in [3.05, 3.63) is 17.1 Å². The van der Waals surface area contributed by atoms with Crippen molar-refractivity contribution in [3.63, 3.8) is 0 Å². The summed E-state index contributed by atoms with van der Waals surface area (Å²) in [7, 11) is -4.04. The van der Waals surface area contributed by atoms with Gasteiger partial charge in [0.2, 0.25) is 10.0 Å². The Kier molecular flexibility index (Phi) is 3.20. The van der Waals surface area contributed by atoms with E-state index in [1.165, 1.54) is 13.8 Å². The second kappa shape index (κ2) is 4.32. The molecule has 0 aliphatic heterocycles. The van der Waals surface area contributed by atoms with Crippen molar-refractivity contribution >= 4 is 16.0 Å². The second-order valence-electron chi connectivity index (χ2n) is 4.77. The summed E-state index contributed by atoms with van der Waals surface area (Å²) in [5, 5.41) is 18.2. The van der Waals surface area contributed by atoms with Gasteiger partial charge >= 0.3 is 5.97 Å². The molecule has 3 N–H and O–H groups in total. The monoisotopic (exact) mass is 289 g/mol. The molecule has 0 atom stereocenters. The average molecular weight is 289 g/mol. The lowest BCUT2D eigenvalue weighted by Crippen LogP contribution is -2.40. The predicted molar refractivity (Wildman–Crippen MR) is 64.5 cm³/mol. The molecule has 1 aliphatic rings. The van der Waals surface area contributed by atoms with E-state index < -0.39 is 21.5 Å². The summed E-state index contributed by atoms with van der Waals surface area (Å²) in [5.74, 6) is -1.29. The zero-order chi connectivity index (χ0) is 14.4. The van der Waals surface area contributed by atoms with E-state index in [1.807, 2.05) is 0 Å². The second-order valence-corrected chi connectivity index (χ2v) is 6.39. The lowest BCUT2D eigenvalue weighted by atomic mass is 10.2. The Balaban J connectivity index is 2.49. The number of nitrogens with one attached hydrogen (secondary N) is 1. The number of aliphatic hydroxyl groups is 1. The first kappa shape index (κ1) is 14.0. The maximum absolute atomic E-state index is 12.3. The van der Waals surface area contributed by atoms with Crippen molar-refractivity contribution < 1.29 is 27.8 Å². The quantitative estimate of drug-likeness (QED) is 0.722. The molecule has 0 saturated heterocycles. The summed E-state index contributed by atoms with van der Waals surface area (Å²) in [6, 6.07) is 0. The highest BCUT2D eigenvalue weighted by molar-refractivity contribution is 7.89. The van der Waals surface area contributed by atoms with Gasteiger partial charge in [-0.15, -0.1) is 0 Å². The third kappa shape index (κ3) is 2.38. The number of carbonyl (C=O) groups is 1. The lowest BCUT2D eigenvalue weighted by molar-refractivity contribution is 0.0691. The Hall–Kier alpha value is -1.38. The van der Waals surface area contributed by atoms with Crippen LogP contribution in [0.5, 0.6) is 0 Å². The van der Waals surface area contributed by atoms with Crippen LogP contribution in [0.3, 0.4) is 0 Å². The maximum atomic E-state index is 12.3. The van der Waals surface area contributed by atoms with E-state index in [0.29, 0.717) is 12.8 Å². The average Bonchev–Trinajstić information content (AvgIpc) is 2.96. The van der Waals surface area contributed by atoms with E-state index in [0.717, 1.165) is 0 Å². The first-order valence-electron chi connectivity index (χ1n) is 5.70. The van der Waals surface area contributed by atoms with E-state index in [2.05, 4.69) is 4.72 Å². The van der Waals surface area contributed by atoms with Crippen molar-refractivity contribution in [2.75, 3.05) is 6.61 Å². The molecule has 1 saturated carbocycles. The van der Waals surface area contributed by atoms with Gasteiger partial charge in [-0.25, -0.2) is 17.9 Å². The summed E-state index contributed by atoms with van der Waals surface area (Å²) >= 11 is 0. The number of rotatable bonds is 5. The maximum Gasteiger partial charge on any atom is 0.340 e. The topological polar surface area (TPSA) is 117 Å². The summed E-state index contributed by atoms with van der Waals surface area (Å²) in [6.45, 7) is 2.48. The predicted octanol–water partition coefficient (Wildman–Crippen LogP) is 0.398. The minimum atomic E-state index is -4.04. The molecule has 0 unspecified atom stereocenters. The fourth-order valence-corrected chi connectivity index (χ4v) is 3.87. The number of aryl methyl sites for hydroxylation is 2. The van der Waals surface area contributed by atoms with Gasteiger partial charge in [-0.2, -0.15) is 0 Å². The fraction of sp³-hybridized carbons (Fsp3) is 0.545. The van der Waals surface area contributed by atoms with Gasteiger partial charge in [0.15, 0.2) is 0 Å². The van der Waals surface area contributed by atoms with E-state index >= 15 is 0 Å². The molecule has 1 fully saturated rings. The van der Waals surface area contributed by atoms with Crippen LogP contribution in [-0.4, -0.2) is 36.7 Å². The molecule has 2 rings (SSSR count). The van der Waals surface area contributed by atoms with Crippen molar-refractivity contribution in [1.82, 2.24) is 4.72 Å². The zero-order valence-electron chi connectivity index (χ0n) is 10.6. The van der Waals surface area contributed by atoms with Crippen molar-refractivity contribution in [2.45, 2.75) is 37.1 Å². The minimum Gasteiger partial charge on any atom is -0.478 e. The Morgan fingerprint density at radius 3 is 2.37 bits per heavy atom. The Labute approximate surface area is 110 Å². The SMILES string of the molecule is Cc1oc(C)c(S(=O)(=O)NC2(CO)CC2)c1C(=O)O. The molecule has 1 aliphatic carbocycles. The van der Waals surface area contributed by atoms with Crippen LogP contribution in [0.25, 0.3) is 0 Å². The molecule has 8 heteroatoms. The van der Waals surface area contributed by atoms with Gasteiger partial charge in [0.05, 0.1) is 12.1 Å². The molecule has 0 bridgehead atoms. The number of hydrogen-bond acceptors (Lipinski definition) is 5. The van der Waals surface area contributed by atoms with Crippen LogP contribution in [0.4, 0.5) is 0 Å². The van der Waals surface area contributed by atoms with Crippen LogP contribution in [0.2, 0.25) is 0 Å². The summed E-state index contributed by atoms with van der Waals surface area (Å²) in [6.07, 6.45) is 1.06. The van der Waals surface area contributed by atoms with E-state index in [4.69, 9.17) is 14.6 Å². The Bertz CT molecular complexity index is 626. The van der Waals surface area contributed by atoms with Gasteiger partial charge in [-0.05, 0) is 26.7 Å². The number of carboxylic acid groups (broad SMARTS) is 1. The first-order chi connectivity index (χ1) is 8.72. The third-order valence-corrected chi connectivity index (χ3v) is 4.93. The van der Waals surface area contributed by atoms with Gasteiger partial charge in [-0.1, -0.05) is 0 Å². The largest absolute Gasteiger partial charge is 0.478 e. The standard InChI is InChI=1S/C11H15NO6S/c1-6-8(10(14)15)9(7(2)18-6)19(16,17)12-11(5-13)3-4-11/h12-13H,3-5H2,1-2H3,(H,14,15). The van der Waals surface area contributed by atoms with E-state index in [-0.39, 0.29) is 28.6 Å². The molecule has 106 valence electrons. The van der Waals surface area contributed by atoms with Gasteiger partial charge in [-0.3, -0.25) is 0 Å². The van der Waals surface area contributed by atoms with Crippen LogP contribution in [0.15, 0.2) is 9.31 Å². The third-order valence-electron chi connectivity index (χ3n) is 3.19. The van der Waals surface area contributed by atoms with Crippen LogP contribution >= 0.6 is 0 Å². The van der Waals surface area contributed by atoms with Crippen LogP contribution in [0.1, 0.15) is 34.7 Å². The number of aliphatic hydroxyl groups excluding tert-OH is 1. The highest BCUT2D eigenvalue weighted by atomic mass is 32.2. The highest BCUT2D eigenvalue weighted by Gasteiger charge is 2.47. The molecule has 19 heavy (non-hydrogen) atoms. The first-order valence-corrected chi connectivity index (χ1v) is 7.19. The smallest absolute Gasteiger partial charge is 0.340 e. The molecular weight excluding hydrogens is 274 g/mol. The van der Waals surface area contributed by atoms with Gasteiger partial charge in [0.1, 0.15) is 22.0 Å². The summed E-state index contributed by atoms with van der Waals surface area (Å²) in [4.78, 5) is 10.8. The van der Waals surface area contributed by atoms with E-state index in [1.54, 1.807) is 0 Å². The fourth-order valence-electron chi connectivity index (χ4n) is 2.01. The Morgan fingerprint density at radius 1 is 1.37 bits per heavy atom. The molecule has 0 amide bonds. The molecular formula is C11H15NO6S. The normalized spacial score (nSPS) is 17.4. The van der Waals surface area contributed by atoms with Gasteiger partial charge < -0.3 is 14.6 Å². The van der Waals surface area contributed by atoms with Gasteiger partial charge in [0, 0.05) is 0 Å². The molecule has 0 radical (unpaired) electrons. The van der Waals surface area contributed by atoms with E-state index in [9.17, 15) is 13.2 Å². The molecule has 0 spiro atoms. The van der Waals surface area contributed by atoms with Gasteiger partial charge in [0.25, 0.3) is 0 Å². The van der Waals surface area contributed by atoms with Crippen LogP contribution in [-0.2, 0) is 10.0 Å². The molecule has 1 heterocycles. The van der Waals surface area contributed by atoms with Crippen molar-refractivity contribution in [3.8, 4) is 0 Å². The Morgan fingerprint density at radius 2 is 1.95 bits per heavy atom. The number of aromatic carboxylic acids is 1.